The van der Waals surface area contributed by atoms with Crippen LogP contribution in [-0.2, 0) is 12.5 Å². The number of hydrogen-bond donors (Lipinski definition) is 1. The van der Waals surface area contributed by atoms with Crippen LogP contribution in [0.3, 0.4) is 0 Å². The summed E-state index contributed by atoms with van der Waals surface area (Å²) in [5, 5.41) is 0. The molecule has 1 rings (SSSR count). The topological polar surface area (TPSA) is 60.6 Å². The molecule has 0 radical (unpaired) electrons. The lowest BCUT2D eigenvalue weighted by atomic mass is 9.93. The quantitative estimate of drug-likeness (QED) is 0.467. The van der Waals surface area contributed by atoms with Crippen molar-refractivity contribution in [1.82, 2.24) is 9.55 Å². The van der Waals surface area contributed by atoms with E-state index in [2.05, 4.69) is 35.6 Å². The van der Waals surface area contributed by atoms with Gasteiger partial charge in [-0.25, -0.2) is 11.6 Å². The molecule has 2 N–H and O–H groups in total. The largest absolute Gasteiger partial charge is 0.381 e. The highest BCUT2D eigenvalue weighted by Crippen LogP contribution is 2.24. The molecule has 0 atom stereocenters. The summed E-state index contributed by atoms with van der Waals surface area (Å²) in [5.74, 6) is 0.843. The number of aliphatic imine (C=N–C) groups is 1. The molecule has 1 aromatic rings. The van der Waals surface area contributed by atoms with Gasteiger partial charge in [-0.1, -0.05) is 20.8 Å². The standard InChI is InChI=1S/C11H17N5/c1-11(2,3)8-6-14-10(16(8)5)15-9(12)7-13-4/h6H,7H2,1-3,5H3,(H2,12,14,15). The number of aromatic nitrogens is 2. The van der Waals surface area contributed by atoms with Gasteiger partial charge in [0.1, 0.15) is 0 Å². The fraction of sp³-hybridized carbons (Fsp3) is 0.545. The molecule has 5 heteroatoms. The van der Waals surface area contributed by atoms with Crippen LogP contribution in [0.15, 0.2) is 11.2 Å². The van der Waals surface area contributed by atoms with Gasteiger partial charge in [-0.15, -0.1) is 0 Å². The van der Waals surface area contributed by atoms with Gasteiger partial charge in [-0.05, 0) is 0 Å². The van der Waals surface area contributed by atoms with E-state index in [1.165, 1.54) is 0 Å². The molecule has 1 aromatic heterocycles. The van der Waals surface area contributed by atoms with Crippen molar-refractivity contribution >= 4 is 11.8 Å². The Labute approximate surface area is 95.8 Å². The highest BCUT2D eigenvalue weighted by atomic mass is 15.2. The van der Waals surface area contributed by atoms with Gasteiger partial charge in [0.05, 0.1) is 6.20 Å². The first-order valence-corrected chi connectivity index (χ1v) is 5.04. The molecule has 0 saturated heterocycles. The smallest absolute Gasteiger partial charge is 0.271 e. The van der Waals surface area contributed by atoms with Gasteiger partial charge >= 0.3 is 0 Å². The van der Waals surface area contributed by atoms with E-state index in [1.807, 2.05) is 11.6 Å². The number of hydrogen-bond acceptors (Lipinski definition) is 2. The summed E-state index contributed by atoms with van der Waals surface area (Å²) < 4.78 is 1.90. The maximum absolute atomic E-state index is 6.69. The number of imidazole rings is 1. The molecule has 1 heterocycles. The third kappa shape index (κ3) is 2.60. The molecule has 16 heavy (non-hydrogen) atoms. The van der Waals surface area contributed by atoms with E-state index in [4.69, 9.17) is 12.3 Å². The SMILES string of the molecule is [C-]#[N+]CC(N)=Nc1ncc(C(C)(C)C)n1C. The molecule has 0 aliphatic heterocycles. The van der Waals surface area contributed by atoms with E-state index in [-0.39, 0.29) is 12.0 Å². The minimum absolute atomic E-state index is 0.0179. The first-order chi connectivity index (χ1) is 7.36. The van der Waals surface area contributed by atoms with Gasteiger partial charge < -0.3 is 15.1 Å². The van der Waals surface area contributed by atoms with Crippen LogP contribution in [0.2, 0.25) is 0 Å². The third-order valence-corrected chi connectivity index (χ3v) is 2.22. The Morgan fingerprint density at radius 1 is 1.62 bits per heavy atom. The van der Waals surface area contributed by atoms with Crippen molar-refractivity contribution < 1.29 is 0 Å². The van der Waals surface area contributed by atoms with Crippen LogP contribution in [0.1, 0.15) is 26.5 Å². The molecule has 0 amide bonds. The Bertz CT molecular complexity index is 442. The third-order valence-electron chi connectivity index (χ3n) is 2.22. The zero-order chi connectivity index (χ0) is 12.3. The Morgan fingerprint density at radius 3 is 2.69 bits per heavy atom. The summed E-state index contributed by atoms with van der Waals surface area (Å²) in [4.78, 5) is 11.5. The molecule has 0 aliphatic rings. The second-order valence-electron chi connectivity index (χ2n) is 4.67. The second kappa shape index (κ2) is 4.35. The van der Waals surface area contributed by atoms with Gasteiger partial charge in [0.15, 0.2) is 5.84 Å². The first kappa shape index (κ1) is 12.2. The fourth-order valence-electron chi connectivity index (χ4n) is 1.45. The lowest BCUT2D eigenvalue weighted by Crippen LogP contribution is -2.17. The molecule has 0 saturated carbocycles. The molecule has 0 aromatic carbocycles. The Hall–Kier alpha value is -1.83. The average molecular weight is 219 g/mol. The summed E-state index contributed by atoms with van der Waals surface area (Å²) in [6.45, 7) is 13.1. The summed E-state index contributed by atoms with van der Waals surface area (Å²) in [6, 6.07) is 0. The van der Waals surface area contributed by atoms with Crippen LogP contribution in [0, 0.1) is 6.57 Å². The molecule has 0 bridgehead atoms. The van der Waals surface area contributed by atoms with Gasteiger partial charge in [-0.3, -0.25) is 0 Å². The van der Waals surface area contributed by atoms with Crippen LogP contribution in [0.4, 0.5) is 5.95 Å². The molecular formula is C11H17N5. The minimum Gasteiger partial charge on any atom is -0.381 e. The molecule has 0 aliphatic carbocycles. The van der Waals surface area contributed by atoms with E-state index in [9.17, 15) is 0 Å². The van der Waals surface area contributed by atoms with Crippen LogP contribution < -0.4 is 5.73 Å². The van der Waals surface area contributed by atoms with Crippen molar-refractivity contribution in [2.75, 3.05) is 6.54 Å². The number of nitrogens with zero attached hydrogens (tertiary/aromatic N) is 4. The number of nitrogens with two attached hydrogens (primary N) is 1. The van der Waals surface area contributed by atoms with Gasteiger partial charge in [-0.2, -0.15) is 4.99 Å². The number of amidine groups is 1. The van der Waals surface area contributed by atoms with E-state index in [1.54, 1.807) is 6.20 Å². The van der Waals surface area contributed by atoms with Crippen LogP contribution in [-0.4, -0.2) is 21.9 Å². The van der Waals surface area contributed by atoms with Crippen molar-refractivity contribution in [3.63, 3.8) is 0 Å². The molecule has 0 unspecified atom stereocenters. The normalized spacial score (nSPS) is 12.6. The lowest BCUT2D eigenvalue weighted by Gasteiger charge is -2.18. The Kier molecular flexibility index (Phi) is 3.33. The summed E-state index contributed by atoms with van der Waals surface area (Å²) in [7, 11) is 1.90. The molecular weight excluding hydrogens is 202 g/mol. The Morgan fingerprint density at radius 2 is 2.25 bits per heavy atom. The maximum Gasteiger partial charge on any atom is 0.271 e. The van der Waals surface area contributed by atoms with Crippen molar-refractivity contribution in [3.8, 4) is 0 Å². The van der Waals surface area contributed by atoms with Crippen molar-refractivity contribution in [1.29, 1.82) is 0 Å². The van der Waals surface area contributed by atoms with Crippen LogP contribution in [0.25, 0.3) is 4.85 Å². The highest BCUT2D eigenvalue weighted by molar-refractivity contribution is 5.85. The van der Waals surface area contributed by atoms with Crippen LogP contribution >= 0.6 is 0 Å². The van der Waals surface area contributed by atoms with Crippen molar-refractivity contribution in [2.24, 2.45) is 17.8 Å². The summed E-state index contributed by atoms with van der Waals surface area (Å²) in [6.07, 6.45) is 1.80. The first-order valence-electron chi connectivity index (χ1n) is 5.04. The van der Waals surface area contributed by atoms with Gasteiger partial charge in [0.25, 0.3) is 6.54 Å². The lowest BCUT2D eigenvalue weighted by molar-refractivity contribution is 0.544. The molecule has 0 fully saturated rings. The van der Waals surface area contributed by atoms with Crippen molar-refractivity contribution in [2.45, 2.75) is 26.2 Å². The zero-order valence-corrected chi connectivity index (χ0v) is 10.2. The second-order valence-corrected chi connectivity index (χ2v) is 4.67. The van der Waals surface area contributed by atoms with Gasteiger partial charge in [0.2, 0.25) is 5.95 Å². The Balaban J connectivity index is 3.07. The van der Waals surface area contributed by atoms with E-state index < -0.39 is 0 Å². The predicted octanol–water partition coefficient (Wildman–Crippen LogP) is 1.63. The maximum atomic E-state index is 6.69. The monoisotopic (exact) mass is 219 g/mol. The van der Waals surface area contributed by atoms with Gasteiger partial charge in [0, 0.05) is 18.2 Å². The predicted molar refractivity (Wildman–Crippen MR) is 64.7 cm³/mol. The molecule has 5 nitrogen and oxygen atoms in total. The summed E-state index contributed by atoms with van der Waals surface area (Å²) >= 11 is 0. The van der Waals surface area contributed by atoms with Crippen LogP contribution in [0.5, 0.6) is 0 Å². The highest BCUT2D eigenvalue weighted by Gasteiger charge is 2.19. The van der Waals surface area contributed by atoms with E-state index in [0.29, 0.717) is 11.8 Å². The fourth-order valence-corrected chi connectivity index (χ4v) is 1.45. The van der Waals surface area contributed by atoms with E-state index in [0.717, 1.165) is 5.69 Å². The zero-order valence-electron chi connectivity index (χ0n) is 10.2. The van der Waals surface area contributed by atoms with Crippen molar-refractivity contribution in [3.05, 3.63) is 23.3 Å². The van der Waals surface area contributed by atoms with E-state index >= 15 is 0 Å². The molecule has 86 valence electrons. The average Bonchev–Trinajstić information content (AvgIpc) is 2.47. The number of rotatable bonds is 2. The minimum atomic E-state index is 0.0179. The molecule has 0 spiro atoms. The summed E-state index contributed by atoms with van der Waals surface area (Å²) in [5.41, 5.74) is 6.69.